The molecule has 210 valence electrons. The highest BCUT2D eigenvalue weighted by Crippen LogP contribution is 2.27. The summed E-state index contributed by atoms with van der Waals surface area (Å²) < 4.78 is 1.69. The summed E-state index contributed by atoms with van der Waals surface area (Å²) in [5, 5.41) is 0. The summed E-state index contributed by atoms with van der Waals surface area (Å²) in [6.07, 6.45) is 12.7. The fourth-order valence-corrected chi connectivity index (χ4v) is 4.48. The Balaban J connectivity index is 0.000000620. The van der Waals surface area contributed by atoms with Gasteiger partial charge in [0.2, 0.25) is 0 Å². The lowest BCUT2D eigenvalue weighted by molar-refractivity contribution is 0.255. The molecule has 0 saturated carbocycles. The third-order valence-corrected chi connectivity index (χ3v) is 7.58. The summed E-state index contributed by atoms with van der Waals surface area (Å²) in [6, 6.07) is 5.76. The van der Waals surface area contributed by atoms with Crippen LogP contribution >= 0.6 is 0 Å². The van der Waals surface area contributed by atoms with E-state index in [-0.39, 0.29) is 5.56 Å². The highest BCUT2D eigenvalue weighted by atomic mass is 16.1. The normalized spacial score (nSPS) is 16.3. The topological polar surface area (TPSA) is 37.6 Å². The Morgan fingerprint density at radius 2 is 1.76 bits per heavy atom. The van der Waals surface area contributed by atoms with E-state index in [1.807, 2.05) is 46.0 Å². The first kappa shape index (κ1) is 33.3. The molecule has 4 nitrogen and oxygen atoms in total. The van der Waals surface area contributed by atoms with Crippen molar-refractivity contribution in [3.8, 4) is 0 Å². The summed E-state index contributed by atoms with van der Waals surface area (Å²) >= 11 is 0. The summed E-state index contributed by atoms with van der Waals surface area (Å²) in [6.45, 7) is 25.1. The molecule has 3 heterocycles. The molecule has 1 saturated heterocycles. The maximum absolute atomic E-state index is 12.8. The molecule has 1 aliphatic rings. The molecular formula is C34H53N3O. The first-order valence-corrected chi connectivity index (χ1v) is 14.5. The molecule has 1 unspecified atom stereocenters. The van der Waals surface area contributed by atoms with Gasteiger partial charge in [0.1, 0.15) is 5.65 Å². The summed E-state index contributed by atoms with van der Waals surface area (Å²) in [4.78, 5) is 20.0. The molecular weight excluding hydrogens is 466 g/mol. The number of fused-ring (bicyclic) bond motifs is 1. The van der Waals surface area contributed by atoms with E-state index in [1.165, 1.54) is 23.1 Å². The Morgan fingerprint density at radius 3 is 2.24 bits per heavy atom. The Bertz CT molecular complexity index is 1170. The predicted molar refractivity (Wildman–Crippen MR) is 168 cm³/mol. The lowest BCUT2D eigenvalue weighted by Gasteiger charge is -2.29. The Kier molecular flexibility index (Phi) is 14.9. The molecule has 0 N–H and O–H groups in total. The molecule has 0 aromatic carbocycles. The zero-order valence-electron chi connectivity index (χ0n) is 25.9. The Labute approximate surface area is 232 Å². The molecule has 4 heteroatoms. The molecule has 1 atom stereocenters. The van der Waals surface area contributed by atoms with Gasteiger partial charge in [-0.3, -0.25) is 9.20 Å². The van der Waals surface area contributed by atoms with Gasteiger partial charge in [0.05, 0.1) is 5.69 Å². The van der Waals surface area contributed by atoms with Crippen LogP contribution in [0.5, 0.6) is 0 Å². The number of likely N-dealkylation sites (tertiary alicyclic amines) is 1. The van der Waals surface area contributed by atoms with Crippen LogP contribution in [0.4, 0.5) is 0 Å². The van der Waals surface area contributed by atoms with Crippen LogP contribution < -0.4 is 5.56 Å². The van der Waals surface area contributed by atoms with Gasteiger partial charge in [0.15, 0.2) is 0 Å². The van der Waals surface area contributed by atoms with Crippen molar-refractivity contribution in [3.63, 3.8) is 0 Å². The van der Waals surface area contributed by atoms with Crippen LogP contribution in [0, 0.1) is 5.92 Å². The smallest absolute Gasteiger partial charge is 0.258 e. The van der Waals surface area contributed by atoms with Gasteiger partial charge in [-0.15, -0.1) is 0 Å². The fourth-order valence-electron chi connectivity index (χ4n) is 4.48. The van der Waals surface area contributed by atoms with E-state index >= 15 is 0 Å². The van der Waals surface area contributed by atoms with Crippen molar-refractivity contribution in [2.45, 2.75) is 93.9 Å². The number of allylic oxidation sites excluding steroid dienone is 7. The van der Waals surface area contributed by atoms with E-state index in [1.54, 1.807) is 10.5 Å². The van der Waals surface area contributed by atoms with Gasteiger partial charge in [-0.25, -0.2) is 4.98 Å². The van der Waals surface area contributed by atoms with E-state index in [2.05, 4.69) is 71.4 Å². The third-order valence-electron chi connectivity index (χ3n) is 7.58. The van der Waals surface area contributed by atoms with Crippen molar-refractivity contribution in [1.29, 1.82) is 0 Å². The number of nitrogens with zero attached hydrogens (tertiary/aromatic N) is 3. The second-order valence-electron chi connectivity index (χ2n) is 10.1. The van der Waals surface area contributed by atoms with Gasteiger partial charge in [-0.1, -0.05) is 70.6 Å². The molecule has 0 aliphatic carbocycles. The maximum atomic E-state index is 12.8. The summed E-state index contributed by atoms with van der Waals surface area (Å²) in [5.74, 6) is 1.30. The van der Waals surface area contributed by atoms with Crippen LogP contribution in [0.15, 0.2) is 70.7 Å². The van der Waals surface area contributed by atoms with Crippen molar-refractivity contribution in [2.24, 2.45) is 5.92 Å². The minimum Gasteiger partial charge on any atom is -0.306 e. The van der Waals surface area contributed by atoms with Gasteiger partial charge >= 0.3 is 0 Å². The standard InChI is InChI=1S/C24H31N3O.C8H16.C2H6/c1-6-18(17(3)4)14-19(7-2)22-15-24(28)27-16-21(8-9-23(27)25-22)20-10-12-26(5)13-11-20;1-5-7(3)8(4)6-2;1-2/h7-9,14-16,20H,3,6,10-13H2,1-2,4-5H3;5,8H,6H2,1-4H3;1-2H3/b18-14-,19-7+;7-5-;. The highest BCUT2D eigenvalue weighted by molar-refractivity contribution is 5.74. The average Bonchev–Trinajstić information content (AvgIpc) is 2.94. The first-order chi connectivity index (χ1) is 18.1. The predicted octanol–water partition coefficient (Wildman–Crippen LogP) is 8.84. The maximum Gasteiger partial charge on any atom is 0.258 e. The van der Waals surface area contributed by atoms with Crippen LogP contribution in [-0.4, -0.2) is 34.4 Å². The number of pyridine rings is 1. The summed E-state index contributed by atoms with van der Waals surface area (Å²) in [5.41, 5.74) is 7.29. The van der Waals surface area contributed by atoms with Crippen LogP contribution in [0.2, 0.25) is 0 Å². The molecule has 2 aromatic rings. The van der Waals surface area contributed by atoms with Crippen LogP contribution in [0.25, 0.3) is 11.2 Å². The van der Waals surface area contributed by atoms with Crippen LogP contribution in [0.1, 0.15) is 105 Å². The van der Waals surface area contributed by atoms with Crippen molar-refractivity contribution in [1.82, 2.24) is 14.3 Å². The SMILES string of the molecule is C/C=C(/C)C(C)CC.C=C(C)/C(=C\C(=C/C)c1cc(=O)n2cc(C3CCN(C)CC3)ccc2n1)CC.CC. The van der Waals surface area contributed by atoms with Crippen molar-refractivity contribution in [2.75, 3.05) is 20.1 Å². The van der Waals surface area contributed by atoms with Crippen molar-refractivity contribution in [3.05, 3.63) is 87.5 Å². The molecule has 2 aromatic heterocycles. The monoisotopic (exact) mass is 519 g/mol. The van der Waals surface area contributed by atoms with Crippen LogP contribution in [-0.2, 0) is 0 Å². The number of hydrogen-bond donors (Lipinski definition) is 0. The Morgan fingerprint density at radius 1 is 1.13 bits per heavy atom. The zero-order valence-corrected chi connectivity index (χ0v) is 25.9. The molecule has 0 amide bonds. The molecule has 3 rings (SSSR count). The van der Waals surface area contributed by atoms with Crippen LogP contribution in [0.3, 0.4) is 0 Å². The third kappa shape index (κ3) is 9.54. The molecule has 0 spiro atoms. The number of aromatic nitrogens is 2. The molecule has 0 bridgehead atoms. The van der Waals surface area contributed by atoms with Gasteiger partial charge < -0.3 is 4.90 Å². The second-order valence-corrected chi connectivity index (χ2v) is 10.1. The first-order valence-electron chi connectivity index (χ1n) is 14.5. The highest BCUT2D eigenvalue weighted by Gasteiger charge is 2.19. The van der Waals surface area contributed by atoms with Gasteiger partial charge in [-0.2, -0.15) is 0 Å². The Hall–Kier alpha value is -2.72. The second kappa shape index (κ2) is 17.0. The number of rotatable bonds is 7. The minimum atomic E-state index is -0.0316. The molecule has 1 fully saturated rings. The molecule has 1 aliphatic heterocycles. The van der Waals surface area contributed by atoms with Crippen molar-refractivity contribution < 1.29 is 0 Å². The quantitative estimate of drug-likeness (QED) is 0.271. The zero-order chi connectivity index (χ0) is 28.8. The lowest BCUT2D eigenvalue weighted by Crippen LogP contribution is -2.29. The summed E-state index contributed by atoms with van der Waals surface area (Å²) in [7, 11) is 2.16. The van der Waals surface area contributed by atoms with E-state index in [9.17, 15) is 4.79 Å². The average molecular weight is 520 g/mol. The van der Waals surface area contributed by atoms with E-state index in [4.69, 9.17) is 4.98 Å². The van der Waals surface area contributed by atoms with Crippen molar-refractivity contribution >= 4 is 11.2 Å². The minimum absolute atomic E-state index is 0.0316. The largest absolute Gasteiger partial charge is 0.306 e. The molecule has 38 heavy (non-hydrogen) atoms. The van der Waals surface area contributed by atoms with E-state index in [0.717, 1.165) is 49.4 Å². The van der Waals surface area contributed by atoms with E-state index in [0.29, 0.717) is 17.3 Å². The lowest BCUT2D eigenvalue weighted by atomic mass is 9.91. The fraction of sp³-hybridized carbons (Fsp3) is 0.529. The van der Waals surface area contributed by atoms with Gasteiger partial charge in [-0.05, 0) is 114 Å². The number of piperidine rings is 1. The molecule has 0 radical (unpaired) electrons. The van der Waals surface area contributed by atoms with Gasteiger partial charge in [0.25, 0.3) is 5.56 Å². The van der Waals surface area contributed by atoms with Gasteiger partial charge in [0, 0.05) is 12.3 Å². The van der Waals surface area contributed by atoms with E-state index < -0.39 is 0 Å². The number of hydrogen-bond acceptors (Lipinski definition) is 3.